The third kappa shape index (κ3) is 2.72. The number of thiol groups is 1. The molecule has 1 saturated carbocycles. The summed E-state index contributed by atoms with van der Waals surface area (Å²) in [7, 11) is 0. The van der Waals surface area contributed by atoms with E-state index >= 15 is 0 Å². The standard InChI is InChI=1S/C10H20BS/c1-2-10(9-11-12)7-5-3-4-6-8-10/h12H,2-9H2,1H3. The molecule has 0 unspecified atom stereocenters. The lowest BCUT2D eigenvalue weighted by atomic mass is 9.68. The average molecular weight is 183 g/mol. The molecule has 0 aromatic carbocycles. The lowest BCUT2D eigenvalue weighted by Crippen LogP contribution is -2.19. The minimum atomic E-state index is 0.623. The van der Waals surface area contributed by atoms with E-state index in [4.69, 9.17) is 0 Å². The van der Waals surface area contributed by atoms with E-state index in [0.717, 1.165) is 0 Å². The van der Waals surface area contributed by atoms with Gasteiger partial charge >= 0.3 is 0 Å². The van der Waals surface area contributed by atoms with Crippen LogP contribution in [-0.4, -0.2) is 6.56 Å². The molecule has 12 heavy (non-hydrogen) atoms. The van der Waals surface area contributed by atoms with Crippen molar-refractivity contribution in [2.45, 2.75) is 58.2 Å². The molecule has 0 spiro atoms. The summed E-state index contributed by atoms with van der Waals surface area (Å²) in [5.41, 5.74) is 0.623. The second-order valence-electron chi connectivity index (χ2n) is 4.15. The summed E-state index contributed by atoms with van der Waals surface area (Å²) in [5.74, 6) is 0. The molecule has 1 rings (SSSR count). The van der Waals surface area contributed by atoms with E-state index in [1.165, 1.54) is 51.3 Å². The fraction of sp³-hybridized carbons (Fsp3) is 1.00. The molecular weight excluding hydrogens is 163 g/mol. The second-order valence-corrected chi connectivity index (χ2v) is 4.52. The van der Waals surface area contributed by atoms with Gasteiger partial charge in [0.1, 0.15) is 0 Å². The number of hydrogen-bond donors (Lipinski definition) is 1. The maximum absolute atomic E-state index is 4.25. The predicted molar refractivity (Wildman–Crippen MR) is 60.0 cm³/mol. The van der Waals surface area contributed by atoms with Crippen LogP contribution in [0.2, 0.25) is 6.32 Å². The molecular formula is C10H20BS. The van der Waals surface area contributed by atoms with Gasteiger partial charge in [0.15, 0.2) is 6.56 Å². The Morgan fingerprint density at radius 3 is 2.17 bits per heavy atom. The smallest absolute Gasteiger partial charge is 0.187 e. The van der Waals surface area contributed by atoms with E-state index in [1.54, 1.807) is 0 Å². The Morgan fingerprint density at radius 2 is 1.75 bits per heavy atom. The molecule has 0 aromatic heterocycles. The van der Waals surface area contributed by atoms with Gasteiger partial charge < -0.3 is 0 Å². The Hall–Kier alpha value is 0.415. The van der Waals surface area contributed by atoms with Crippen molar-refractivity contribution in [3.8, 4) is 0 Å². The van der Waals surface area contributed by atoms with E-state index in [1.807, 2.05) is 0 Å². The molecule has 2 heteroatoms. The zero-order valence-corrected chi connectivity index (χ0v) is 9.08. The van der Waals surface area contributed by atoms with Crippen molar-refractivity contribution in [2.75, 3.05) is 0 Å². The maximum atomic E-state index is 4.25. The first-order valence-electron chi connectivity index (χ1n) is 5.29. The molecule has 1 aliphatic rings. The Morgan fingerprint density at radius 1 is 1.17 bits per heavy atom. The van der Waals surface area contributed by atoms with Gasteiger partial charge in [0.25, 0.3) is 0 Å². The molecule has 0 saturated heterocycles. The Balaban J connectivity index is 2.48. The van der Waals surface area contributed by atoms with Gasteiger partial charge in [-0.15, -0.1) is 0 Å². The lowest BCUT2D eigenvalue weighted by molar-refractivity contribution is 0.267. The normalized spacial score (nSPS) is 23.2. The highest BCUT2D eigenvalue weighted by atomic mass is 32.1. The van der Waals surface area contributed by atoms with Crippen LogP contribution in [0.25, 0.3) is 0 Å². The first-order chi connectivity index (χ1) is 5.83. The molecule has 1 radical (unpaired) electrons. The van der Waals surface area contributed by atoms with Crippen molar-refractivity contribution in [2.24, 2.45) is 5.41 Å². The van der Waals surface area contributed by atoms with Gasteiger partial charge in [0.05, 0.1) is 0 Å². The van der Waals surface area contributed by atoms with Crippen LogP contribution < -0.4 is 0 Å². The first-order valence-corrected chi connectivity index (χ1v) is 5.80. The molecule has 1 aliphatic carbocycles. The number of rotatable bonds is 3. The van der Waals surface area contributed by atoms with Crippen molar-refractivity contribution >= 4 is 19.0 Å². The van der Waals surface area contributed by atoms with Crippen molar-refractivity contribution in [1.82, 2.24) is 0 Å². The van der Waals surface area contributed by atoms with Gasteiger partial charge in [0.2, 0.25) is 0 Å². The molecule has 0 aliphatic heterocycles. The largest absolute Gasteiger partial charge is 0.235 e. The zero-order valence-electron chi connectivity index (χ0n) is 8.18. The fourth-order valence-corrected chi connectivity index (χ4v) is 2.76. The van der Waals surface area contributed by atoms with E-state index in [-0.39, 0.29) is 0 Å². The molecule has 69 valence electrons. The topological polar surface area (TPSA) is 0 Å². The molecule has 0 heterocycles. The minimum absolute atomic E-state index is 0.623. The van der Waals surface area contributed by atoms with Crippen LogP contribution in [0.15, 0.2) is 0 Å². The van der Waals surface area contributed by atoms with Gasteiger partial charge in [-0.2, -0.15) is 0 Å². The molecule has 0 nitrogen and oxygen atoms in total. The third-order valence-electron chi connectivity index (χ3n) is 3.44. The second kappa shape index (κ2) is 5.21. The molecule has 0 N–H and O–H groups in total. The highest BCUT2D eigenvalue weighted by molar-refractivity contribution is 8.06. The van der Waals surface area contributed by atoms with E-state index in [9.17, 15) is 0 Å². The summed E-state index contributed by atoms with van der Waals surface area (Å²) in [6, 6.07) is 0. The van der Waals surface area contributed by atoms with Crippen LogP contribution >= 0.6 is 12.5 Å². The van der Waals surface area contributed by atoms with E-state index < -0.39 is 0 Å². The molecule has 0 atom stereocenters. The fourth-order valence-electron chi connectivity index (χ4n) is 2.37. The highest BCUT2D eigenvalue weighted by Crippen LogP contribution is 2.41. The molecule has 0 bridgehead atoms. The third-order valence-corrected chi connectivity index (χ3v) is 3.62. The molecule has 1 fully saturated rings. The average Bonchev–Trinajstić information content (AvgIpc) is 2.32. The Labute approximate surface area is 83.1 Å². The van der Waals surface area contributed by atoms with Crippen LogP contribution in [0.5, 0.6) is 0 Å². The SMILES string of the molecule is CCC1(C[B]S)CCCCCC1. The van der Waals surface area contributed by atoms with Gasteiger partial charge in [-0.1, -0.05) is 45.3 Å². The summed E-state index contributed by atoms with van der Waals surface area (Å²) < 4.78 is 0. The summed E-state index contributed by atoms with van der Waals surface area (Å²) in [6.45, 7) is 4.40. The summed E-state index contributed by atoms with van der Waals surface area (Å²) in [4.78, 5) is 0. The lowest BCUT2D eigenvalue weighted by Gasteiger charge is -2.31. The monoisotopic (exact) mass is 183 g/mol. The van der Waals surface area contributed by atoms with Crippen LogP contribution in [0.4, 0.5) is 0 Å². The highest BCUT2D eigenvalue weighted by Gasteiger charge is 2.27. The van der Waals surface area contributed by atoms with Gasteiger partial charge in [0, 0.05) is 0 Å². The molecule has 0 aromatic rings. The van der Waals surface area contributed by atoms with Crippen molar-refractivity contribution in [3.05, 3.63) is 0 Å². The Kier molecular flexibility index (Phi) is 4.56. The Bertz CT molecular complexity index is 117. The van der Waals surface area contributed by atoms with Crippen LogP contribution in [0, 0.1) is 5.41 Å². The van der Waals surface area contributed by atoms with E-state index in [0.29, 0.717) is 5.41 Å². The zero-order chi connectivity index (χ0) is 8.86. The summed E-state index contributed by atoms with van der Waals surface area (Å²) in [5, 5.41) is 0. The van der Waals surface area contributed by atoms with E-state index in [2.05, 4.69) is 26.0 Å². The van der Waals surface area contributed by atoms with Crippen molar-refractivity contribution in [3.63, 3.8) is 0 Å². The quantitative estimate of drug-likeness (QED) is 0.385. The molecule has 0 amide bonds. The van der Waals surface area contributed by atoms with Gasteiger partial charge in [-0.05, 0) is 18.3 Å². The number of hydrogen-bond acceptors (Lipinski definition) is 1. The summed E-state index contributed by atoms with van der Waals surface area (Å²) in [6.07, 6.45) is 11.2. The van der Waals surface area contributed by atoms with Gasteiger partial charge in [-0.3, -0.25) is 0 Å². The van der Waals surface area contributed by atoms with Crippen LogP contribution in [0.3, 0.4) is 0 Å². The predicted octanol–water partition coefficient (Wildman–Crippen LogP) is 3.70. The summed E-state index contributed by atoms with van der Waals surface area (Å²) >= 11 is 4.25. The maximum Gasteiger partial charge on any atom is 0.187 e. The van der Waals surface area contributed by atoms with Crippen molar-refractivity contribution < 1.29 is 0 Å². The first kappa shape index (κ1) is 10.5. The van der Waals surface area contributed by atoms with Gasteiger partial charge in [-0.25, -0.2) is 12.5 Å². The minimum Gasteiger partial charge on any atom is -0.235 e. The van der Waals surface area contributed by atoms with Crippen LogP contribution in [0.1, 0.15) is 51.9 Å². The van der Waals surface area contributed by atoms with Crippen molar-refractivity contribution in [1.29, 1.82) is 0 Å². The van der Waals surface area contributed by atoms with Crippen LogP contribution in [-0.2, 0) is 0 Å².